The fourth-order valence-corrected chi connectivity index (χ4v) is 7.04. The molecule has 0 aliphatic carbocycles. The predicted octanol–water partition coefficient (Wildman–Crippen LogP) is 7.85. The zero-order valence-corrected chi connectivity index (χ0v) is 30.2. The van der Waals surface area contributed by atoms with Crippen LogP contribution in [-0.4, -0.2) is 44.3 Å². The lowest BCUT2D eigenvalue weighted by Crippen LogP contribution is -2.53. The van der Waals surface area contributed by atoms with E-state index in [0.29, 0.717) is 18.0 Å². The van der Waals surface area contributed by atoms with E-state index in [9.17, 15) is 18.0 Å². The monoisotopic (exact) mass is 703 g/mol. The molecule has 264 valence electrons. The molecule has 5 aromatic carbocycles. The van der Waals surface area contributed by atoms with Crippen molar-refractivity contribution in [1.29, 1.82) is 0 Å². The maximum Gasteiger partial charge on any atom is 0.264 e. The summed E-state index contributed by atoms with van der Waals surface area (Å²) >= 11 is 0. The fraction of sp³-hybridized carbons (Fsp3) is 0.238. The first kappa shape index (κ1) is 36.9. The quantitative estimate of drug-likeness (QED) is 0.106. The lowest BCUT2D eigenvalue weighted by Gasteiger charge is -2.34. The van der Waals surface area contributed by atoms with Crippen LogP contribution in [0.5, 0.6) is 11.5 Å². The second-order valence-electron chi connectivity index (χ2n) is 12.6. The van der Waals surface area contributed by atoms with Gasteiger partial charge in [-0.2, -0.15) is 0 Å². The molecule has 9 heteroatoms. The Kier molecular flexibility index (Phi) is 12.6. The van der Waals surface area contributed by atoms with Gasteiger partial charge in [0.2, 0.25) is 11.8 Å². The van der Waals surface area contributed by atoms with E-state index >= 15 is 0 Å². The summed E-state index contributed by atoms with van der Waals surface area (Å²) in [6.07, 6.45) is 1.95. The van der Waals surface area contributed by atoms with Gasteiger partial charge in [-0.05, 0) is 79.9 Å². The third-order valence-corrected chi connectivity index (χ3v) is 10.4. The van der Waals surface area contributed by atoms with E-state index in [-0.39, 0.29) is 29.5 Å². The average Bonchev–Trinajstić information content (AvgIpc) is 3.14. The highest BCUT2D eigenvalue weighted by atomic mass is 32.2. The Hall–Kier alpha value is -5.41. The molecular formula is C42H45N3O5S. The maximum absolute atomic E-state index is 14.7. The number of nitrogens with zero attached hydrogens (tertiary/aromatic N) is 2. The van der Waals surface area contributed by atoms with Crippen LogP contribution in [-0.2, 0) is 32.6 Å². The number of benzene rings is 5. The molecule has 5 aromatic rings. The molecule has 2 amide bonds. The summed E-state index contributed by atoms with van der Waals surface area (Å²) in [5, 5.41) is 3.03. The molecule has 0 aliphatic rings. The maximum atomic E-state index is 14.7. The van der Waals surface area contributed by atoms with Crippen LogP contribution in [0.15, 0.2) is 138 Å². The summed E-state index contributed by atoms with van der Waals surface area (Å²) < 4.78 is 35.8. The number of rotatable bonds is 16. The molecule has 1 N–H and O–H groups in total. The Bertz CT molecular complexity index is 1970. The van der Waals surface area contributed by atoms with Crippen molar-refractivity contribution in [3.63, 3.8) is 0 Å². The first-order valence-corrected chi connectivity index (χ1v) is 18.7. The number of ether oxygens (including phenoxy) is 1. The number of hydrogen-bond acceptors (Lipinski definition) is 5. The molecular weight excluding hydrogens is 659 g/mol. The minimum absolute atomic E-state index is 0.0498. The highest BCUT2D eigenvalue weighted by Gasteiger charge is 2.34. The molecule has 51 heavy (non-hydrogen) atoms. The summed E-state index contributed by atoms with van der Waals surface area (Å²) in [5.74, 6) is 0.347. The van der Waals surface area contributed by atoms with Crippen molar-refractivity contribution in [1.82, 2.24) is 10.2 Å². The van der Waals surface area contributed by atoms with Crippen LogP contribution in [0.2, 0.25) is 0 Å². The SMILES string of the molecule is CCCCNC(=O)C(Cc1ccccc1)N(Cc1ccc(C)cc1)C(=O)CN(c1ccc(Oc2ccccc2)cc1)S(=O)(=O)c1ccc(C)cc1. The summed E-state index contributed by atoms with van der Waals surface area (Å²) in [5.41, 5.74) is 3.95. The number of amides is 2. The highest BCUT2D eigenvalue weighted by Crippen LogP contribution is 2.29. The van der Waals surface area contributed by atoms with Gasteiger partial charge in [0, 0.05) is 19.5 Å². The van der Waals surface area contributed by atoms with Crippen molar-refractivity contribution in [2.24, 2.45) is 0 Å². The number of nitrogens with one attached hydrogen (secondary N) is 1. The molecule has 1 unspecified atom stereocenters. The molecule has 0 aromatic heterocycles. The molecule has 0 saturated heterocycles. The highest BCUT2D eigenvalue weighted by molar-refractivity contribution is 7.92. The lowest BCUT2D eigenvalue weighted by molar-refractivity contribution is -0.140. The van der Waals surface area contributed by atoms with E-state index in [2.05, 4.69) is 5.32 Å². The van der Waals surface area contributed by atoms with Crippen LogP contribution < -0.4 is 14.4 Å². The van der Waals surface area contributed by atoms with E-state index < -0.39 is 28.5 Å². The third-order valence-electron chi connectivity index (χ3n) is 8.57. The topological polar surface area (TPSA) is 96.0 Å². The van der Waals surface area contributed by atoms with Crippen LogP contribution in [0.25, 0.3) is 0 Å². The smallest absolute Gasteiger partial charge is 0.264 e. The van der Waals surface area contributed by atoms with Crippen molar-refractivity contribution in [2.75, 3.05) is 17.4 Å². The number of para-hydroxylation sites is 1. The van der Waals surface area contributed by atoms with Gasteiger partial charge >= 0.3 is 0 Å². The molecule has 0 bridgehead atoms. The standard InChI is InChI=1S/C42H45N3O5S/c1-4-5-28-43-42(47)40(29-34-12-8-6-9-13-34)44(30-35-20-16-32(2)17-21-35)41(46)31-45(51(48,49)39-26-18-33(3)19-27-39)36-22-24-38(25-23-36)50-37-14-10-7-11-15-37/h6-27,40H,4-5,28-31H2,1-3H3,(H,43,47). The first-order valence-electron chi connectivity index (χ1n) is 17.2. The number of aryl methyl sites for hydroxylation is 2. The van der Waals surface area contributed by atoms with Gasteiger partial charge in [-0.15, -0.1) is 0 Å². The van der Waals surface area contributed by atoms with E-state index in [1.165, 1.54) is 4.90 Å². The van der Waals surface area contributed by atoms with E-state index in [4.69, 9.17) is 4.74 Å². The average molecular weight is 704 g/mol. The number of hydrogen-bond donors (Lipinski definition) is 1. The number of sulfonamides is 1. The molecule has 0 aliphatic heterocycles. The van der Waals surface area contributed by atoms with E-state index in [1.54, 1.807) is 48.5 Å². The van der Waals surface area contributed by atoms with Gasteiger partial charge in [-0.25, -0.2) is 8.42 Å². The normalized spacial score (nSPS) is 11.7. The second-order valence-corrected chi connectivity index (χ2v) is 14.5. The van der Waals surface area contributed by atoms with Gasteiger partial charge in [0.25, 0.3) is 10.0 Å². The molecule has 8 nitrogen and oxygen atoms in total. The second kappa shape index (κ2) is 17.5. The van der Waals surface area contributed by atoms with Crippen molar-refractivity contribution in [3.05, 3.63) is 156 Å². The largest absolute Gasteiger partial charge is 0.457 e. The Morgan fingerprint density at radius 1 is 0.706 bits per heavy atom. The Morgan fingerprint density at radius 2 is 1.27 bits per heavy atom. The van der Waals surface area contributed by atoms with Crippen molar-refractivity contribution < 1.29 is 22.7 Å². The van der Waals surface area contributed by atoms with E-state index in [0.717, 1.165) is 39.4 Å². The molecule has 0 heterocycles. The van der Waals surface area contributed by atoms with Crippen molar-refractivity contribution in [3.8, 4) is 11.5 Å². The van der Waals surface area contributed by atoms with Gasteiger partial charge in [0.05, 0.1) is 10.6 Å². The Morgan fingerprint density at radius 3 is 1.88 bits per heavy atom. The van der Waals surface area contributed by atoms with Crippen LogP contribution in [0.3, 0.4) is 0 Å². The first-order chi connectivity index (χ1) is 24.6. The van der Waals surface area contributed by atoms with Crippen molar-refractivity contribution >= 4 is 27.5 Å². The van der Waals surface area contributed by atoms with Gasteiger partial charge in [-0.1, -0.05) is 109 Å². The lowest BCUT2D eigenvalue weighted by atomic mass is 10.0. The summed E-state index contributed by atoms with van der Waals surface area (Å²) in [6.45, 7) is 5.96. The minimum atomic E-state index is -4.23. The number of anilines is 1. The summed E-state index contributed by atoms with van der Waals surface area (Å²) in [6, 6.07) is 38.8. The summed E-state index contributed by atoms with van der Waals surface area (Å²) in [7, 11) is -4.23. The zero-order chi connectivity index (χ0) is 36.2. The van der Waals surface area contributed by atoms with Gasteiger partial charge in [-0.3, -0.25) is 13.9 Å². The molecule has 0 fully saturated rings. The Labute approximate surface area is 301 Å². The van der Waals surface area contributed by atoms with Crippen molar-refractivity contribution in [2.45, 2.75) is 57.5 Å². The number of carbonyl (C=O) groups is 2. The minimum Gasteiger partial charge on any atom is -0.457 e. The van der Waals surface area contributed by atoms with Gasteiger partial charge in [0.1, 0.15) is 24.1 Å². The molecule has 0 radical (unpaired) electrons. The predicted molar refractivity (Wildman–Crippen MR) is 202 cm³/mol. The molecule has 1 atom stereocenters. The Balaban J connectivity index is 1.54. The summed E-state index contributed by atoms with van der Waals surface area (Å²) in [4.78, 5) is 30.2. The fourth-order valence-electron chi connectivity index (χ4n) is 5.62. The van der Waals surface area contributed by atoms with Crippen LogP contribution in [0, 0.1) is 13.8 Å². The van der Waals surface area contributed by atoms with Crippen LogP contribution in [0.1, 0.15) is 42.0 Å². The zero-order valence-electron chi connectivity index (χ0n) is 29.4. The van der Waals surface area contributed by atoms with E-state index in [1.807, 2.05) is 106 Å². The molecule has 0 spiro atoms. The molecule has 5 rings (SSSR count). The van der Waals surface area contributed by atoms with Crippen LogP contribution in [0.4, 0.5) is 5.69 Å². The van der Waals surface area contributed by atoms with Gasteiger partial charge < -0.3 is 15.0 Å². The molecule has 0 saturated carbocycles. The third kappa shape index (κ3) is 10.1. The van der Waals surface area contributed by atoms with Crippen LogP contribution >= 0.6 is 0 Å². The number of unbranched alkanes of at least 4 members (excludes halogenated alkanes) is 1. The number of carbonyl (C=O) groups excluding carboxylic acids is 2. The van der Waals surface area contributed by atoms with Gasteiger partial charge in [0.15, 0.2) is 0 Å².